The number of hydrogen-bond donors (Lipinski definition) is 1. The summed E-state index contributed by atoms with van der Waals surface area (Å²) in [5.74, 6) is 0.668. The molecule has 0 spiro atoms. The zero-order valence-electron chi connectivity index (χ0n) is 28.8. The van der Waals surface area contributed by atoms with Crippen molar-refractivity contribution in [2.75, 3.05) is 13.6 Å². The van der Waals surface area contributed by atoms with Crippen LogP contribution in [-0.2, 0) is 0 Å². The van der Waals surface area contributed by atoms with E-state index in [9.17, 15) is 0 Å². The van der Waals surface area contributed by atoms with Crippen LogP contribution in [-0.4, -0.2) is 41.2 Å². The first-order chi connectivity index (χ1) is 26.2. The van der Waals surface area contributed by atoms with Crippen LogP contribution in [0.5, 0.6) is 0 Å². The third-order valence-electron chi connectivity index (χ3n) is 9.40. The first-order valence-corrected chi connectivity index (χ1v) is 19.0. The molecule has 4 aromatic carbocycles. The Hall–Kier alpha value is -6.18. The lowest BCUT2D eigenvalue weighted by molar-refractivity contribution is 1.06. The van der Waals surface area contributed by atoms with Gasteiger partial charge in [-0.25, -0.2) is 19.9 Å². The number of rotatable bonds is 8. The molecule has 2 aromatic heterocycles. The van der Waals surface area contributed by atoms with E-state index in [1.165, 1.54) is 47.3 Å². The smallest absolute Gasteiger partial charge is 0.163 e. The second-order valence-electron chi connectivity index (χ2n) is 12.7. The van der Waals surface area contributed by atoms with Crippen LogP contribution in [0.15, 0.2) is 165 Å². The van der Waals surface area contributed by atoms with E-state index >= 15 is 0 Å². The normalized spacial score (nSPS) is 15.2. The predicted octanol–water partition coefficient (Wildman–Crippen LogP) is 10.7. The quantitative estimate of drug-likeness (QED) is 0.0962. The van der Waals surface area contributed by atoms with Crippen LogP contribution < -0.4 is 5.32 Å². The van der Waals surface area contributed by atoms with Crippen LogP contribution in [0.25, 0.3) is 59.4 Å². The molecule has 0 amide bonds. The van der Waals surface area contributed by atoms with E-state index in [0.717, 1.165) is 44.7 Å². The first-order valence-electron chi connectivity index (χ1n) is 17.4. The van der Waals surface area contributed by atoms with E-state index in [4.69, 9.17) is 0 Å². The van der Waals surface area contributed by atoms with E-state index in [1.54, 1.807) is 37.1 Å². The lowest BCUT2D eigenvalue weighted by Crippen LogP contribution is -2.00. The molecular formula is C45H32N6S2. The van der Waals surface area contributed by atoms with Gasteiger partial charge in [-0.05, 0) is 93.9 Å². The van der Waals surface area contributed by atoms with Crippen LogP contribution >= 0.6 is 23.1 Å². The fourth-order valence-corrected chi connectivity index (χ4v) is 8.93. The number of benzene rings is 4. The Kier molecular flexibility index (Phi) is 8.92. The molecule has 1 aliphatic heterocycles. The molecule has 0 fully saturated rings. The number of allylic oxidation sites excluding steroid dienone is 8. The molecule has 53 heavy (non-hydrogen) atoms. The average Bonchev–Trinajstić information content (AvgIpc) is 3.30. The van der Waals surface area contributed by atoms with Crippen molar-refractivity contribution >= 4 is 72.7 Å². The predicted molar refractivity (Wildman–Crippen MR) is 224 cm³/mol. The largest absolute Gasteiger partial charge is 0.379 e. The highest BCUT2D eigenvalue weighted by atomic mass is 32.2. The third-order valence-corrected chi connectivity index (χ3v) is 11.6. The van der Waals surface area contributed by atoms with Crippen molar-refractivity contribution < 1.29 is 0 Å². The Morgan fingerprint density at radius 1 is 0.849 bits per heavy atom. The maximum atomic E-state index is 4.56. The Morgan fingerprint density at radius 3 is 2.49 bits per heavy atom. The highest BCUT2D eigenvalue weighted by Crippen LogP contribution is 2.44. The van der Waals surface area contributed by atoms with Gasteiger partial charge in [0.2, 0.25) is 0 Å². The SMILES string of the molecule is CNC=NC=NCC1=CC=CCC=C1c1ccc2c(c1)C1=C=C(C=CC(c3ccc4sc5ccc(-c6ccccc6-c6ncncn6)cc5c4c3)=C1)S2. The lowest BCUT2D eigenvalue weighted by atomic mass is 9.92. The van der Waals surface area contributed by atoms with Gasteiger partial charge >= 0.3 is 0 Å². The zero-order valence-corrected chi connectivity index (χ0v) is 30.5. The van der Waals surface area contributed by atoms with Crippen LogP contribution in [0, 0.1) is 0 Å². The van der Waals surface area contributed by atoms with E-state index in [-0.39, 0.29) is 0 Å². The topological polar surface area (TPSA) is 75.4 Å². The van der Waals surface area contributed by atoms with E-state index < -0.39 is 0 Å². The second kappa shape index (κ2) is 14.4. The zero-order chi connectivity index (χ0) is 35.6. The van der Waals surface area contributed by atoms with E-state index in [0.29, 0.717) is 12.4 Å². The third kappa shape index (κ3) is 6.56. The minimum atomic E-state index is 0.552. The molecule has 3 aliphatic rings. The Labute approximate surface area is 315 Å². The molecule has 3 heterocycles. The monoisotopic (exact) mass is 720 g/mol. The molecule has 254 valence electrons. The van der Waals surface area contributed by atoms with Crippen LogP contribution in [0.1, 0.15) is 23.1 Å². The summed E-state index contributed by atoms with van der Waals surface area (Å²) in [6.07, 6.45) is 22.7. The van der Waals surface area contributed by atoms with Gasteiger partial charge in [0.15, 0.2) is 5.82 Å². The van der Waals surface area contributed by atoms with Crippen LogP contribution in [0.4, 0.5) is 0 Å². The molecule has 0 atom stereocenters. The maximum Gasteiger partial charge on any atom is 0.163 e. The summed E-state index contributed by atoms with van der Waals surface area (Å²) in [4.78, 5) is 24.0. The van der Waals surface area contributed by atoms with Gasteiger partial charge in [0.1, 0.15) is 19.0 Å². The summed E-state index contributed by atoms with van der Waals surface area (Å²) < 4.78 is 2.53. The van der Waals surface area contributed by atoms with Gasteiger partial charge in [-0.3, -0.25) is 4.99 Å². The van der Waals surface area contributed by atoms with E-state index in [1.807, 2.05) is 24.5 Å². The van der Waals surface area contributed by atoms with Gasteiger partial charge in [0, 0.05) is 48.8 Å². The molecule has 0 saturated heterocycles. The van der Waals surface area contributed by atoms with Gasteiger partial charge in [-0.2, -0.15) is 0 Å². The van der Waals surface area contributed by atoms with Gasteiger partial charge in [-0.15, -0.1) is 11.3 Å². The molecule has 8 heteroatoms. The minimum Gasteiger partial charge on any atom is -0.379 e. The molecule has 6 aromatic rings. The van der Waals surface area contributed by atoms with Crippen LogP contribution in [0.3, 0.4) is 0 Å². The molecule has 0 saturated carbocycles. The molecule has 0 unspecified atom stereocenters. The molecular weight excluding hydrogens is 689 g/mol. The van der Waals surface area contributed by atoms with Crippen LogP contribution in [0.2, 0.25) is 0 Å². The van der Waals surface area contributed by atoms with Crippen molar-refractivity contribution in [2.24, 2.45) is 9.98 Å². The van der Waals surface area contributed by atoms with Gasteiger partial charge in [-0.1, -0.05) is 90.3 Å². The van der Waals surface area contributed by atoms with Crippen molar-refractivity contribution in [3.05, 3.63) is 167 Å². The Morgan fingerprint density at radius 2 is 1.64 bits per heavy atom. The van der Waals surface area contributed by atoms with Gasteiger partial charge < -0.3 is 5.32 Å². The molecule has 0 radical (unpaired) electrons. The van der Waals surface area contributed by atoms with Crippen molar-refractivity contribution in [3.63, 3.8) is 0 Å². The highest BCUT2D eigenvalue weighted by molar-refractivity contribution is 8.03. The first kappa shape index (κ1) is 32.7. The number of aromatic nitrogens is 3. The van der Waals surface area contributed by atoms with Crippen molar-refractivity contribution in [1.29, 1.82) is 0 Å². The van der Waals surface area contributed by atoms with E-state index in [2.05, 4.69) is 151 Å². The number of nitrogens with one attached hydrogen (secondary N) is 1. The van der Waals surface area contributed by atoms with Crippen molar-refractivity contribution in [2.45, 2.75) is 11.3 Å². The second-order valence-corrected chi connectivity index (χ2v) is 14.8. The molecule has 9 rings (SSSR count). The molecule has 1 N–H and O–H groups in total. The van der Waals surface area contributed by atoms with Crippen molar-refractivity contribution in [3.8, 4) is 22.5 Å². The molecule has 6 nitrogen and oxygen atoms in total. The number of nitrogens with zero attached hydrogens (tertiary/aromatic N) is 5. The fourth-order valence-electron chi connectivity index (χ4n) is 6.92. The summed E-state index contributed by atoms with van der Waals surface area (Å²) in [5, 5.41) is 5.39. The summed E-state index contributed by atoms with van der Waals surface area (Å²) >= 11 is 3.60. The maximum absolute atomic E-state index is 4.56. The van der Waals surface area contributed by atoms with Gasteiger partial charge in [0.25, 0.3) is 0 Å². The highest BCUT2D eigenvalue weighted by Gasteiger charge is 2.20. The minimum absolute atomic E-state index is 0.552. The standard InChI is InChI=1S/C45H32N6S2/c1-46-25-48-26-47-24-33-7-3-2-4-8-36(33)31-13-17-42-39(22-31)34-19-29(11-15-35(20-34)52-42)30-12-16-43-40(21-30)41-23-32(14-18-44(41)53-43)37-9-5-6-10-38(37)45-50-27-49-28-51-45/h2-3,5-19,21-23,25-28H,4,24H2,1H3,(H,46,47,48). The average molecular weight is 721 g/mol. The number of hydrogen-bond acceptors (Lipinski definition) is 6. The Bertz CT molecular complexity index is 2720. The Balaban J connectivity index is 1.07. The fraction of sp³-hybridized carbons (Fsp3) is 0.0667. The number of fused-ring (bicyclic) bond motifs is 5. The molecule has 2 aliphatic carbocycles. The number of aliphatic imine (C=N–C) groups is 2. The van der Waals surface area contributed by atoms with Crippen molar-refractivity contribution in [1.82, 2.24) is 20.3 Å². The number of thioether (sulfide) groups is 1. The van der Waals surface area contributed by atoms with Gasteiger partial charge in [0.05, 0.1) is 17.8 Å². The summed E-state index contributed by atoms with van der Waals surface area (Å²) in [6.45, 7) is 0.552. The summed E-state index contributed by atoms with van der Waals surface area (Å²) in [5.41, 5.74) is 15.1. The summed E-state index contributed by atoms with van der Waals surface area (Å²) in [6, 6.07) is 28.7. The number of thiophene rings is 1. The lowest BCUT2D eigenvalue weighted by Gasteiger charge is -2.17. The summed E-state index contributed by atoms with van der Waals surface area (Å²) in [7, 11) is 1.82. The molecule has 2 bridgehead atoms.